The molecule has 16 heavy (non-hydrogen) atoms. The first-order chi connectivity index (χ1) is 7.69. The highest BCUT2D eigenvalue weighted by molar-refractivity contribution is 4.75. The lowest BCUT2D eigenvalue weighted by Gasteiger charge is -2.31. The van der Waals surface area contributed by atoms with Gasteiger partial charge in [0.1, 0.15) is 0 Å². The van der Waals surface area contributed by atoms with E-state index in [-0.39, 0.29) is 0 Å². The third-order valence-corrected chi connectivity index (χ3v) is 3.41. The first kappa shape index (κ1) is 15.7. The third-order valence-electron chi connectivity index (χ3n) is 3.41. The van der Waals surface area contributed by atoms with Crippen molar-refractivity contribution in [3.8, 4) is 0 Å². The molecule has 2 nitrogen and oxygen atoms in total. The summed E-state index contributed by atoms with van der Waals surface area (Å²) in [6, 6.07) is 0.616. The quantitative estimate of drug-likeness (QED) is 0.455. The van der Waals surface area contributed by atoms with Crippen LogP contribution < -0.4 is 5.32 Å². The van der Waals surface area contributed by atoms with Crippen LogP contribution in [0.5, 0.6) is 0 Å². The number of nitrogens with zero attached hydrogens (tertiary/aromatic N) is 1. The van der Waals surface area contributed by atoms with E-state index in [9.17, 15) is 0 Å². The molecule has 0 radical (unpaired) electrons. The van der Waals surface area contributed by atoms with Crippen LogP contribution in [-0.2, 0) is 0 Å². The molecule has 0 spiro atoms. The van der Waals surface area contributed by atoms with E-state index in [0.717, 1.165) is 25.6 Å². The number of rotatable bonds is 10. The lowest BCUT2D eigenvalue weighted by atomic mass is 10.0. The van der Waals surface area contributed by atoms with Crippen molar-refractivity contribution in [2.45, 2.75) is 46.6 Å². The Morgan fingerprint density at radius 1 is 1.25 bits per heavy atom. The number of nitrogens with one attached hydrogen (secondary N) is 1. The first-order valence-corrected chi connectivity index (χ1v) is 6.75. The van der Waals surface area contributed by atoms with Crippen LogP contribution in [0.25, 0.3) is 0 Å². The predicted octanol–water partition coefficient (Wildman–Crippen LogP) is 2.91. The molecule has 0 aliphatic carbocycles. The van der Waals surface area contributed by atoms with Crippen molar-refractivity contribution in [1.82, 2.24) is 10.2 Å². The highest BCUT2D eigenvalue weighted by Crippen LogP contribution is 2.11. The number of hydrogen-bond acceptors (Lipinski definition) is 2. The maximum absolute atomic E-state index is 3.72. The molecule has 0 fully saturated rings. The topological polar surface area (TPSA) is 15.3 Å². The van der Waals surface area contributed by atoms with E-state index < -0.39 is 0 Å². The average Bonchev–Trinajstić information content (AvgIpc) is 2.31. The Bertz CT molecular complexity index is 164. The summed E-state index contributed by atoms with van der Waals surface area (Å²) in [5, 5.41) is 3.40. The molecule has 0 aliphatic rings. The summed E-state index contributed by atoms with van der Waals surface area (Å²) in [5.41, 5.74) is 0. The van der Waals surface area contributed by atoms with Crippen LogP contribution in [0.3, 0.4) is 0 Å². The highest BCUT2D eigenvalue weighted by atomic mass is 15.2. The van der Waals surface area contributed by atoms with Crippen molar-refractivity contribution in [3.05, 3.63) is 12.7 Å². The Hall–Kier alpha value is -0.340. The Kier molecular flexibility index (Phi) is 9.65. The van der Waals surface area contributed by atoms with Crippen LogP contribution >= 0.6 is 0 Å². The largest absolute Gasteiger partial charge is 0.312 e. The smallest absolute Gasteiger partial charge is 0.0192 e. The van der Waals surface area contributed by atoms with Gasteiger partial charge in [0.15, 0.2) is 0 Å². The van der Waals surface area contributed by atoms with Gasteiger partial charge >= 0.3 is 0 Å². The molecule has 1 N–H and O–H groups in total. The zero-order chi connectivity index (χ0) is 12.4. The number of hydrogen-bond donors (Lipinski definition) is 1. The summed E-state index contributed by atoms with van der Waals surface area (Å²) >= 11 is 0. The van der Waals surface area contributed by atoms with E-state index in [1.54, 1.807) is 0 Å². The van der Waals surface area contributed by atoms with Crippen molar-refractivity contribution >= 4 is 0 Å². The maximum Gasteiger partial charge on any atom is 0.0192 e. The van der Waals surface area contributed by atoms with E-state index in [0.29, 0.717) is 6.04 Å². The van der Waals surface area contributed by atoms with Crippen molar-refractivity contribution in [1.29, 1.82) is 0 Å². The zero-order valence-corrected chi connectivity index (χ0v) is 11.6. The molecule has 0 saturated carbocycles. The summed E-state index contributed by atoms with van der Waals surface area (Å²) in [4.78, 5) is 2.58. The van der Waals surface area contributed by atoms with E-state index in [1.807, 2.05) is 6.08 Å². The molecule has 0 aromatic rings. The number of likely N-dealkylation sites (N-methyl/N-ethyl adjacent to an activating group) is 1. The second-order valence-electron chi connectivity index (χ2n) is 4.57. The van der Waals surface area contributed by atoms with Gasteiger partial charge in [-0.2, -0.15) is 0 Å². The normalized spacial score (nSPS) is 13.4. The van der Waals surface area contributed by atoms with Crippen molar-refractivity contribution in [2.24, 2.45) is 5.92 Å². The van der Waals surface area contributed by atoms with Crippen LogP contribution in [0.15, 0.2) is 12.7 Å². The molecule has 0 amide bonds. The van der Waals surface area contributed by atoms with Gasteiger partial charge in [0.25, 0.3) is 0 Å². The molecule has 1 atom stereocenters. The molecule has 0 saturated heterocycles. The van der Waals surface area contributed by atoms with Gasteiger partial charge in [0, 0.05) is 25.7 Å². The lowest BCUT2D eigenvalue weighted by molar-refractivity contribution is 0.178. The van der Waals surface area contributed by atoms with Crippen LogP contribution in [-0.4, -0.2) is 37.1 Å². The SMILES string of the molecule is C=CCNCC(C)N(CC)CC(CC)CC. The van der Waals surface area contributed by atoms with Gasteiger partial charge in [0.2, 0.25) is 0 Å². The first-order valence-electron chi connectivity index (χ1n) is 6.75. The van der Waals surface area contributed by atoms with Gasteiger partial charge in [-0.05, 0) is 19.4 Å². The second kappa shape index (κ2) is 9.86. The molecule has 0 aliphatic heterocycles. The summed E-state index contributed by atoms with van der Waals surface area (Å²) in [7, 11) is 0. The second-order valence-corrected chi connectivity index (χ2v) is 4.57. The fourth-order valence-corrected chi connectivity index (χ4v) is 2.02. The highest BCUT2D eigenvalue weighted by Gasteiger charge is 2.15. The summed E-state index contributed by atoms with van der Waals surface area (Å²) in [6.07, 6.45) is 4.50. The van der Waals surface area contributed by atoms with Crippen molar-refractivity contribution in [2.75, 3.05) is 26.2 Å². The van der Waals surface area contributed by atoms with Crippen molar-refractivity contribution in [3.63, 3.8) is 0 Å². The molecule has 0 heterocycles. The summed E-state index contributed by atoms with van der Waals surface area (Å²) in [6.45, 7) is 17.2. The summed E-state index contributed by atoms with van der Waals surface area (Å²) < 4.78 is 0. The van der Waals surface area contributed by atoms with Gasteiger partial charge in [0.05, 0.1) is 0 Å². The molecule has 0 aromatic heterocycles. The molecular formula is C14H30N2. The molecule has 0 bridgehead atoms. The molecule has 0 aromatic carbocycles. The third kappa shape index (κ3) is 6.29. The van der Waals surface area contributed by atoms with Crippen LogP contribution in [0.2, 0.25) is 0 Å². The lowest BCUT2D eigenvalue weighted by Crippen LogP contribution is -2.42. The van der Waals surface area contributed by atoms with E-state index in [2.05, 4.69) is 44.5 Å². The molecule has 1 unspecified atom stereocenters. The van der Waals surface area contributed by atoms with E-state index in [4.69, 9.17) is 0 Å². The van der Waals surface area contributed by atoms with Crippen LogP contribution in [0.4, 0.5) is 0 Å². The standard InChI is InChI=1S/C14H30N2/c1-6-10-15-11-13(5)16(9-4)12-14(7-2)8-3/h6,13-15H,1,7-12H2,2-5H3. The van der Waals surface area contributed by atoms with E-state index >= 15 is 0 Å². The monoisotopic (exact) mass is 226 g/mol. The van der Waals surface area contributed by atoms with Gasteiger partial charge in [-0.3, -0.25) is 4.90 Å². The Morgan fingerprint density at radius 2 is 1.88 bits per heavy atom. The molecule has 0 rings (SSSR count). The zero-order valence-electron chi connectivity index (χ0n) is 11.6. The Balaban J connectivity index is 3.98. The minimum absolute atomic E-state index is 0.616. The Morgan fingerprint density at radius 3 is 2.31 bits per heavy atom. The molecule has 2 heteroatoms. The molecular weight excluding hydrogens is 196 g/mol. The average molecular weight is 226 g/mol. The molecule has 96 valence electrons. The minimum atomic E-state index is 0.616. The van der Waals surface area contributed by atoms with Gasteiger partial charge in [-0.25, -0.2) is 0 Å². The fraction of sp³-hybridized carbons (Fsp3) is 0.857. The van der Waals surface area contributed by atoms with Gasteiger partial charge < -0.3 is 5.32 Å². The summed E-state index contributed by atoms with van der Waals surface area (Å²) in [5.74, 6) is 0.849. The fourth-order valence-electron chi connectivity index (χ4n) is 2.02. The van der Waals surface area contributed by atoms with Gasteiger partial charge in [-0.1, -0.05) is 39.7 Å². The van der Waals surface area contributed by atoms with Gasteiger partial charge in [-0.15, -0.1) is 6.58 Å². The van der Waals surface area contributed by atoms with E-state index in [1.165, 1.54) is 19.4 Å². The van der Waals surface area contributed by atoms with Crippen LogP contribution in [0, 0.1) is 5.92 Å². The Labute approximate surface area is 102 Å². The predicted molar refractivity (Wildman–Crippen MR) is 73.8 cm³/mol. The van der Waals surface area contributed by atoms with Crippen molar-refractivity contribution < 1.29 is 0 Å². The van der Waals surface area contributed by atoms with Crippen LogP contribution in [0.1, 0.15) is 40.5 Å². The maximum atomic E-state index is 3.72. The minimum Gasteiger partial charge on any atom is -0.312 e.